The Morgan fingerprint density at radius 1 is 0.914 bits per heavy atom. The molecule has 8 nitrogen and oxygen atoms in total. The molecule has 0 radical (unpaired) electrons. The van der Waals surface area contributed by atoms with Crippen molar-refractivity contribution in [1.29, 1.82) is 0 Å². The van der Waals surface area contributed by atoms with E-state index in [0.29, 0.717) is 5.56 Å². The van der Waals surface area contributed by atoms with E-state index in [1.807, 2.05) is 54.6 Å². The van der Waals surface area contributed by atoms with Crippen LogP contribution in [-0.4, -0.2) is 36.0 Å². The van der Waals surface area contributed by atoms with Crippen molar-refractivity contribution in [2.24, 2.45) is 5.73 Å². The predicted molar refractivity (Wildman–Crippen MR) is 133 cm³/mol. The monoisotopic (exact) mass is 488 g/mol. The van der Waals surface area contributed by atoms with Crippen LogP contribution in [0.5, 0.6) is 0 Å². The maximum atomic E-state index is 13.8. The van der Waals surface area contributed by atoms with Gasteiger partial charge in [0.2, 0.25) is 9.84 Å². The quantitative estimate of drug-likeness (QED) is 0.326. The van der Waals surface area contributed by atoms with Crippen LogP contribution in [0.2, 0.25) is 0 Å². The maximum Gasteiger partial charge on any atom is 0.322 e. The second-order valence-electron chi connectivity index (χ2n) is 7.98. The van der Waals surface area contributed by atoms with E-state index < -0.39 is 20.7 Å². The van der Waals surface area contributed by atoms with Crippen LogP contribution in [0.1, 0.15) is 11.3 Å². The van der Waals surface area contributed by atoms with E-state index >= 15 is 0 Å². The number of hydrogen-bond acceptors (Lipinski definition) is 7. The van der Waals surface area contributed by atoms with Crippen molar-refractivity contribution < 1.29 is 18.3 Å². The summed E-state index contributed by atoms with van der Waals surface area (Å²) in [5.41, 5.74) is 9.53. The molecule has 0 spiro atoms. The van der Waals surface area contributed by atoms with Crippen LogP contribution >= 0.6 is 0 Å². The number of hydrogen-bond donors (Lipinski definition) is 3. The lowest BCUT2D eigenvalue weighted by Crippen LogP contribution is -2.47. The van der Waals surface area contributed by atoms with Crippen LogP contribution < -0.4 is 11.1 Å². The Labute approximate surface area is 203 Å². The standard InChI is InChI=1S/C26H24N4O4S/c27-26(35(33,34)22-8-5-15-28-17-22,23-9-4-10-24(30-23)29-18-25(31)32)16-19-11-13-21(14-12-19)20-6-2-1-3-7-20/h1-15,17H,16,18,27H2,(H,29,30)(H,31,32). The third-order valence-corrected chi connectivity index (χ3v) is 7.73. The number of nitrogens with one attached hydrogen (secondary N) is 1. The predicted octanol–water partition coefficient (Wildman–Crippen LogP) is 3.47. The second kappa shape index (κ2) is 10.0. The Morgan fingerprint density at radius 2 is 1.63 bits per heavy atom. The largest absolute Gasteiger partial charge is 0.480 e. The van der Waals surface area contributed by atoms with Gasteiger partial charge in [0, 0.05) is 18.8 Å². The Hall–Kier alpha value is -4.08. The minimum absolute atomic E-state index is 0.0332. The molecule has 35 heavy (non-hydrogen) atoms. The molecule has 4 aromatic rings. The molecule has 0 saturated heterocycles. The summed E-state index contributed by atoms with van der Waals surface area (Å²) in [6, 6.07) is 25.0. The third kappa shape index (κ3) is 5.21. The number of carboxylic acids is 1. The lowest BCUT2D eigenvalue weighted by Gasteiger charge is -2.29. The van der Waals surface area contributed by atoms with Gasteiger partial charge < -0.3 is 16.2 Å². The van der Waals surface area contributed by atoms with Gasteiger partial charge in [-0.2, -0.15) is 0 Å². The van der Waals surface area contributed by atoms with Gasteiger partial charge in [0.1, 0.15) is 12.4 Å². The fourth-order valence-electron chi connectivity index (χ4n) is 3.72. The molecule has 2 aromatic carbocycles. The number of carboxylic acid groups (broad SMARTS) is 1. The molecule has 0 aliphatic rings. The molecule has 1 unspecified atom stereocenters. The number of sulfone groups is 1. The Bertz CT molecular complexity index is 1410. The first-order valence-corrected chi connectivity index (χ1v) is 12.3. The lowest BCUT2D eigenvalue weighted by atomic mass is 9.99. The first-order chi connectivity index (χ1) is 16.8. The number of anilines is 1. The fraction of sp³-hybridized carbons (Fsp3) is 0.115. The van der Waals surface area contributed by atoms with Crippen LogP contribution in [0.4, 0.5) is 5.82 Å². The van der Waals surface area contributed by atoms with E-state index in [4.69, 9.17) is 10.8 Å². The molecular formula is C26H24N4O4S. The average Bonchev–Trinajstić information content (AvgIpc) is 2.89. The summed E-state index contributed by atoms with van der Waals surface area (Å²) in [6.45, 7) is -0.371. The molecule has 4 N–H and O–H groups in total. The molecule has 0 saturated carbocycles. The van der Waals surface area contributed by atoms with E-state index in [1.165, 1.54) is 30.6 Å². The van der Waals surface area contributed by atoms with Crippen LogP contribution in [0.3, 0.4) is 0 Å². The molecule has 2 aromatic heterocycles. The molecule has 1 atom stereocenters. The molecule has 0 aliphatic carbocycles. The zero-order valence-corrected chi connectivity index (χ0v) is 19.5. The van der Waals surface area contributed by atoms with Gasteiger partial charge in [-0.15, -0.1) is 0 Å². The van der Waals surface area contributed by atoms with Gasteiger partial charge in [0.15, 0.2) is 4.87 Å². The first kappa shape index (κ1) is 24.1. The van der Waals surface area contributed by atoms with Crippen LogP contribution in [-0.2, 0) is 25.9 Å². The van der Waals surface area contributed by atoms with Crippen molar-refractivity contribution in [2.45, 2.75) is 16.2 Å². The highest BCUT2D eigenvalue weighted by molar-refractivity contribution is 7.92. The summed E-state index contributed by atoms with van der Waals surface area (Å²) in [7, 11) is -4.15. The minimum Gasteiger partial charge on any atom is -0.480 e. The van der Waals surface area contributed by atoms with Crippen molar-refractivity contribution in [2.75, 3.05) is 11.9 Å². The molecule has 0 bridgehead atoms. The molecule has 9 heteroatoms. The van der Waals surface area contributed by atoms with Crippen LogP contribution in [0.25, 0.3) is 11.1 Å². The summed E-state index contributed by atoms with van der Waals surface area (Å²) in [6.07, 6.45) is 2.67. The Morgan fingerprint density at radius 3 is 2.29 bits per heavy atom. The molecule has 4 rings (SSSR count). The third-order valence-electron chi connectivity index (χ3n) is 5.56. The van der Waals surface area contributed by atoms with Crippen LogP contribution in [0, 0.1) is 0 Å². The zero-order valence-electron chi connectivity index (χ0n) is 18.7. The van der Waals surface area contributed by atoms with Gasteiger partial charge in [-0.25, -0.2) is 13.4 Å². The van der Waals surface area contributed by atoms with E-state index in [1.54, 1.807) is 12.1 Å². The summed E-state index contributed by atoms with van der Waals surface area (Å²) in [4.78, 5) is 17.3. The number of carbonyl (C=O) groups is 1. The van der Waals surface area contributed by atoms with Gasteiger partial charge in [0.25, 0.3) is 0 Å². The molecule has 0 amide bonds. The molecule has 2 heterocycles. The number of benzene rings is 2. The normalized spacial score (nSPS) is 13.1. The lowest BCUT2D eigenvalue weighted by molar-refractivity contribution is -0.134. The SMILES string of the molecule is NC(Cc1ccc(-c2ccccc2)cc1)(c1cccc(NCC(=O)O)n1)S(=O)(=O)c1cccnc1. The van der Waals surface area contributed by atoms with E-state index in [2.05, 4.69) is 15.3 Å². The summed E-state index contributed by atoms with van der Waals surface area (Å²) < 4.78 is 27.6. The highest BCUT2D eigenvalue weighted by Gasteiger charge is 2.44. The smallest absolute Gasteiger partial charge is 0.322 e. The van der Waals surface area contributed by atoms with Crippen molar-refractivity contribution >= 4 is 21.6 Å². The first-order valence-electron chi connectivity index (χ1n) is 10.8. The second-order valence-corrected chi connectivity index (χ2v) is 10.2. The minimum atomic E-state index is -4.15. The zero-order chi connectivity index (χ0) is 24.9. The topological polar surface area (TPSA) is 135 Å². The highest BCUT2D eigenvalue weighted by atomic mass is 32.2. The van der Waals surface area contributed by atoms with Gasteiger partial charge in [0.05, 0.1) is 10.6 Å². The van der Waals surface area contributed by atoms with E-state index in [-0.39, 0.29) is 29.4 Å². The Balaban J connectivity index is 1.75. The number of aliphatic carboxylic acids is 1. The summed E-state index contributed by atoms with van der Waals surface area (Å²) in [5.74, 6) is -0.863. The molecule has 0 aliphatic heterocycles. The maximum absolute atomic E-state index is 13.8. The Kier molecular flexibility index (Phi) is 6.90. The summed E-state index contributed by atoms with van der Waals surface area (Å²) >= 11 is 0. The summed E-state index contributed by atoms with van der Waals surface area (Å²) in [5, 5.41) is 11.6. The fourth-order valence-corrected chi connectivity index (χ4v) is 5.35. The molecule has 178 valence electrons. The van der Waals surface area contributed by atoms with Crippen molar-refractivity contribution in [1.82, 2.24) is 9.97 Å². The van der Waals surface area contributed by atoms with Gasteiger partial charge in [-0.05, 0) is 41.0 Å². The van der Waals surface area contributed by atoms with Gasteiger partial charge in [-0.3, -0.25) is 9.78 Å². The number of nitrogens with two attached hydrogens (primary N) is 1. The average molecular weight is 489 g/mol. The number of nitrogens with zero attached hydrogens (tertiary/aromatic N) is 2. The van der Waals surface area contributed by atoms with E-state index in [9.17, 15) is 13.2 Å². The number of pyridine rings is 2. The van der Waals surface area contributed by atoms with E-state index in [0.717, 1.165) is 11.1 Å². The molecular weight excluding hydrogens is 464 g/mol. The number of aromatic nitrogens is 2. The van der Waals surface area contributed by atoms with Crippen molar-refractivity contribution in [3.05, 3.63) is 109 Å². The number of rotatable bonds is 9. The van der Waals surface area contributed by atoms with Crippen molar-refractivity contribution in [3.8, 4) is 11.1 Å². The van der Waals surface area contributed by atoms with Gasteiger partial charge >= 0.3 is 5.97 Å². The van der Waals surface area contributed by atoms with Crippen LogP contribution in [0.15, 0.2) is 102 Å². The highest BCUT2D eigenvalue weighted by Crippen LogP contribution is 2.34. The van der Waals surface area contributed by atoms with Crippen molar-refractivity contribution in [3.63, 3.8) is 0 Å². The molecule has 0 fully saturated rings. The van der Waals surface area contributed by atoms with Gasteiger partial charge in [-0.1, -0.05) is 60.7 Å².